The first-order valence-corrected chi connectivity index (χ1v) is 6.11. The second-order valence-electron chi connectivity index (χ2n) is 4.08. The first kappa shape index (κ1) is 13.2. The zero-order valence-electron chi connectivity index (χ0n) is 10.5. The van der Waals surface area contributed by atoms with E-state index in [2.05, 4.69) is 0 Å². The molecule has 0 aromatic heterocycles. The van der Waals surface area contributed by atoms with Crippen LogP contribution in [0.15, 0.2) is 48.5 Å². The molecule has 19 heavy (non-hydrogen) atoms. The van der Waals surface area contributed by atoms with E-state index < -0.39 is 0 Å². The summed E-state index contributed by atoms with van der Waals surface area (Å²) in [6, 6.07) is 13.3. The average molecular weight is 261 g/mol. The van der Waals surface area contributed by atoms with E-state index in [0.717, 1.165) is 12.2 Å². The van der Waals surface area contributed by atoms with Gasteiger partial charge in [0.1, 0.15) is 17.3 Å². The van der Waals surface area contributed by atoms with Crippen LogP contribution in [0.3, 0.4) is 0 Å². The van der Waals surface area contributed by atoms with Gasteiger partial charge in [-0.25, -0.2) is 4.39 Å². The van der Waals surface area contributed by atoms with Gasteiger partial charge < -0.3 is 15.2 Å². The molecule has 3 nitrogen and oxygen atoms in total. The van der Waals surface area contributed by atoms with Gasteiger partial charge in [-0.05, 0) is 36.4 Å². The van der Waals surface area contributed by atoms with Crippen LogP contribution >= 0.6 is 0 Å². The summed E-state index contributed by atoms with van der Waals surface area (Å²) in [6.45, 7) is 1.03. The molecule has 0 bridgehead atoms. The lowest BCUT2D eigenvalue weighted by molar-refractivity contribution is 0.247. The molecule has 0 saturated heterocycles. The largest absolute Gasteiger partial charge is 0.493 e. The molecule has 0 aliphatic heterocycles. The zero-order chi connectivity index (χ0) is 13.5. The Morgan fingerprint density at radius 1 is 0.895 bits per heavy atom. The topological polar surface area (TPSA) is 44.5 Å². The lowest BCUT2D eigenvalue weighted by Gasteiger charge is -2.08. The maximum atomic E-state index is 12.9. The standard InChI is InChI=1S/C15H16FNO2/c16-12-3-1-4-15(11-12)19-10-2-9-18-14-7-5-13(17)6-8-14/h1,3-8,11H,2,9-10,17H2. The van der Waals surface area contributed by atoms with Crippen LogP contribution in [0.2, 0.25) is 0 Å². The minimum absolute atomic E-state index is 0.296. The SMILES string of the molecule is Nc1ccc(OCCCOc2cccc(F)c2)cc1. The summed E-state index contributed by atoms with van der Waals surface area (Å²) < 4.78 is 23.8. The number of hydrogen-bond donors (Lipinski definition) is 1. The number of anilines is 1. The molecule has 100 valence electrons. The normalized spacial score (nSPS) is 10.2. The highest BCUT2D eigenvalue weighted by Gasteiger charge is 1.97. The Bertz CT molecular complexity index is 514. The third-order valence-electron chi connectivity index (χ3n) is 2.50. The Balaban J connectivity index is 1.66. The Labute approximate surface area is 111 Å². The first-order valence-electron chi connectivity index (χ1n) is 6.11. The molecule has 0 radical (unpaired) electrons. The molecule has 0 spiro atoms. The summed E-state index contributed by atoms with van der Waals surface area (Å²) in [5.74, 6) is 1.02. The van der Waals surface area contributed by atoms with Crippen molar-refractivity contribution in [2.75, 3.05) is 18.9 Å². The van der Waals surface area contributed by atoms with Crippen LogP contribution in [-0.2, 0) is 0 Å². The van der Waals surface area contributed by atoms with Crippen LogP contribution in [0.25, 0.3) is 0 Å². The Morgan fingerprint density at radius 2 is 1.58 bits per heavy atom. The second-order valence-corrected chi connectivity index (χ2v) is 4.08. The zero-order valence-corrected chi connectivity index (χ0v) is 10.5. The number of hydrogen-bond acceptors (Lipinski definition) is 3. The van der Waals surface area contributed by atoms with Crippen LogP contribution in [0.1, 0.15) is 6.42 Å². The molecule has 0 heterocycles. The van der Waals surface area contributed by atoms with E-state index in [1.165, 1.54) is 12.1 Å². The fraction of sp³-hybridized carbons (Fsp3) is 0.200. The smallest absolute Gasteiger partial charge is 0.126 e. The lowest BCUT2D eigenvalue weighted by Crippen LogP contribution is -2.05. The van der Waals surface area contributed by atoms with Gasteiger partial charge in [-0.2, -0.15) is 0 Å². The first-order chi connectivity index (χ1) is 9.24. The van der Waals surface area contributed by atoms with Gasteiger partial charge in [-0.1, -0.05) is 6.07 Å². The van der Waals surface area contributed by atoms with Gasteiger partial charge in [-0.15, -0.1) is 0 Å². The maximum Gasteiger partial charge on any atom is 0.126 e. The minimum atomic E-state index is -0.296. The molecule has 0 unspecified atom stereocenters. The van der Waals surface area contributed by atoms with Gasteiger partial charge in [0, 0.05) is 18.2 Å². The number of benzene rings is 2. The molecular formula is C15H16FNO2. The molecule has 2 N–H and O–H groups in total. The van der Waals surface area contributed by atoms with Crippen LogP contribution < -0.4 is 15.2 Å². The van der Waals surface area contributed by atoms with Gasteiger partial charge in [0.15, 0.2) is 0 Å². The molecule has 2 aromatic rings. The molecule has 2 aromatic carbocycles. The van der Waals surface area contributed by atoms with Gasteiger partial charge in [-0.3, -0.25) is 0 Å². The monoisotopic (exact) mass is 261 g/mol. The predicted molar refractivity (Wildman–Crippen MR) is 72.9 cm³/mol. The highest BCUT2D eigenvalue weighted by molar-refractivity contribution is 5.41. The maximum absolute atomic E-state index is 12.9. The van der Waals surface area contributed by atoms with Crippen LogP contribution in [0, 0.1) is 5.82 Å². The van der Waals surface area contributed by atoms with E-state index in [0.29, 0.717) is 24.7 Å². The van der Waals surface area contributed by atoms with E-state index in [1.807, 2.05) is 12.1 Å². The molecular weight excluding hydrogens is 245 g/mol. The van der Waals surface area contributed by atoms with Crippen molar-refractivity contribution < 1.29 is 13.9 Å². The van der Waals surface area contributed by atoms with Crippen LogP contribution in [0.4, 0.5) is 10.1 Å². The van der Waals surface area contributed by atoms with Crippen molar-refractivity contribution in [3.63, 3.8) is 0 Å². The number of ether oxygens (including phenoxy) is 2. The average Bonchev–Trinajstić information content (AvgIpc) is 2.41. The molecule has 0 aliphatic rings. The Morgan fingerprint density at radius 3 is 2.26 bits per heavy atom. The van der Waals surface area contributed by atoms with E-state index in [1.54, 1.807) is 24.3 Å². The quantitative estimate of drug-likeness (QED) is 0.641. The molecule has 0 amide bonds. The lowest BCUT2D eigenvalue weighted by atomic mass is 10.3. The summed E-state index contributed by atoms with van der Waals surface area (Å²) in [6.07, 6.45) is 0.723. The summed E-state index contributed by atoms with van der Waals surface area (Å²) in [5, 5.41) is 0. The minimum Gasteiger partial charge on any atom is -0.493 e. The number of rotatable bonds is 6. The van der Waals surface area contributed by atoms with Gasteiger partial charge in [0.05, 0.1) is 13.2 Å². The molecule has 0 aliphatic carbocycles. The summed E-state index contributed by atoms with van der Waals surface area (Å²) in [4.78, 5) is 0. The highest BCUT2D eigenvalue weighted by atomic mass is 19.1. The highest BCUT2D eigenvalue weighted by Crippen LogP contribution is 2.14. The van der Waals surface area contributed by atoms with Crippen molar-refractivity contribution in [3.8, 4) is 11.5 Å². The summed E-state index contributed by atoms with van der Waals surface area (Å²) in [5.41, 5.74) is 6.28. The van der Waals surface area contributed by atoms with E-state index in [4.69, 9.17) is 15.2 Å². The predicted octanol–water partition coefficient (Wildman–Crippen LogP) is 3.26. The Hall–Kier alpha value is -2.23. The van der Waals surface area contributed by atoms with Crippen LogP contribution in [-0.4, -0.2) is 13.2 Å². The fourth-order valence-corrected chi connectivity index (χ4v) is 1.56. The number of halogens is 1. The second kappa shape index (κ2) is 6.64. The van der Waals surface area contributed by atoms with Crippen molar-refractivity contribution in [1.82, 2.24) is 0 Å². The Kier molecular flexibility index (Phi) is 4.61. The van der Waals surface area contributed by atoms with Crippen molar-refractivity contribution in [2.45, 2.75) is 6.42 Å². The fourth-order valence-electron chi connectivity index (χ4n) is 1.56. The van der Waals surface area contributed by atoms with Crippen molar-refractivity contribution in [3.05, 3.63) is 54.3 Å². The van der Waals surface area contributed by atoms with Crippen molar-refractivity contribution in [2.24, 2.45) is 0 Å². The van der Waals surface area contributed by atoms with Crippen molar-refractivity contribution >= 4 is 5.69 Å². The number of nitrogens with two attached hydrogens (primary N) is 1. The van der Waals surface area contributed by atoms with Gasteiger partial charge in [0.2, 0.25) is 0 Å². The molecule has 0 atom stereocenters. The third-order valence-corrected chi connectivity index (χ3v) is 2.50. The molecule has 0 fully saturated rings. The number of nitrogen functional groups attached to an aromatic ring is 1. The van der Waals surface area contributed by atoms with E-state index in [9.17, 15) is 4.39 Å². The third kappa shape index (κ3) is 4.50. The molecule has 2 rings (SSSR count). The summed E-state index contributed by atoms with van der Waals surface area (Å²) >= 11 is 0. The van der Waals surface area contributed by atoms with Gasteiger partial charge in [0.25, 0.3) is 0 Å². The molecule has 0 saturated carbocycles. The van der Waals surface area contributed by atoms with Gasteiger partial charge >= 0.3 is 0 Å². The van der Waals surface area contributed by atoms with E-state index >= 15 is 0 Å². The molecule has 4 heteroatoms. The van der Waals surface area contributed by atoms with Crippen molar-refractivity contribution in [1.29, 1.82) is 0 Å². The van der Waals surface area contributed by atoms with Crippen LogP contribution in [0.5, 0.6) is 11.5 Å². The summed E-state index contributed by atoms with van der Waals surface area (Å²) in [7, 11) is 0. The van der Waals surface area contributed by atoms with E-state index in [-0.39, 0.29) is 5.82 Å².